The maximum Gasteiger partial charge on any atom is 0.333 e. The van der Waals surface area contributed by atoms with Crippen molar-refractivity contribution < 1.29 is 48.2 Å². The molecule has 2 aromatic carbocycles. The zero-order valence-corrected chi connectivity index (χ0v) is 36.0. The third-order valence-corrected chi connectivity index (χ3v) is 11.8. The fourth-order valence-corrected chi connectivity index (χ4v) is 8.20. The molecule has 3 aliphatic rings. The second-order valence-electron chi connectivity index (χ2n) is 16.2. The lowest BCUT2D eigenvalue weighted by Gasteiger charge is -2.40. The van der Waals surface area contributed by atoms with Crippen LogP contribution in [0.1, 0.15) is 73.6 Å². The molecule has 0 radical (unpaired) electrons. The number of likely N-dealkylation sites (N-methyl/N-ethyl adjacent to an activating group) is 1. The monoisotopic (exact) mass is 872 g/mol. The lowest BCUT2D eigenvalue weighted by atomic mass is 9.95. The predicted molar refractivity (Wildman–Crippen MR) is 228 cm³/mol. The number of nitrogens with zero attached hydrogens (tertiary/aromatic N) is 5. The van der Waals surface area contributed by atoms with E-state index in [1.807, 2.05) is 43.3 Å². The van der Waals surface area contributed by atoms with E-state index < -0.39 is 95.2 Å². The largest absolute Gasteiger partial charge is 0.505 e. The second-order valence-corrected chi connectivity index (χ2v) is 16.2. The molecule has 6 amide bonds. The highest BCUT2D eigenvalue weighted by atomic mass is 16.5. The number of benzene rings is 2. The first-order chi connectivity index (χ1) is 30.1. The SMILES string of the molecule is CC[C@H]1NC(=O)[C@@H](NC(=O)[13c]2[15n][13cH][13cH][13cH][13c]2O)[C@@H](C)OC(=O)[C@H](c2ccccc2)NC(=O)[C@@H]2CC(=O)CCN2C(=O)[C@H](Cc2ccc(N(C)C)cc2)N(C)C(=O)[C@@H]2CCCN2C1=O. The molecular formula is C45H54N8O10. The number of amides is 6. The Hall–Kier alpha value is -6.85. The molecule has 1 aromatic heterocycles. The Morgan fingerprint density at radius 2 is 1.57 bits per heavy atom. The molecule has 0 unspecified atom stereocenters. The van der Waals surface area contributed by atoms with Gasteiger partial charge < -0.3 is 45.4 Å². The third-order valence-electron chi connectivity index (χ3n) is 11.8. The van der Waals surface area contributed by atoms with E-state index in [0.717, 1.165) is 5.69 Å². The van der Waals surface area contributed by atoms with Crippen LogP contribution in [0.3, 0.4) is 0 Å². The first-order valence-electron chi connectivity index (χ1n) is 21.1. The van der Waals surface area contributed by atoms with Crippen molar-refractivity contribution in [2.24, 2.45) is 0 Å². The Balaban J connectivity index is 1.44. The van der Waals surface area contributed by atoms with E-state index in [-0.39, 0.29) is 56.5 Å². The van der Waals surface area contributed by atoms with Crippen LogP contribution in [0, 0.1) is 0 Å². The van der Waals surface area contributed by atoms with Gasteiger partial charge in [0.2, 0.25) is 29.5 Å². The molecule has 3 saturated heterocycles. The number of hydrogen-bond acceptors (Lipinski definition) is 12. The summed E-state index contributed by atoms with van der Waals surface area (Å²) in [5.74, 6) is -6.33. The Morgan fingerprint density at radius 3 is 2.24 bits per heavy atom. The summed E-state index contributed by atoms with van der Waals surface area (Å²) in [5, 5.41) is 18.2. The summed E-state index contributed by atoms with van der Waals surface area (Å²) in [6.07, 6.45) is 0.175. The number of Topliss-reactive ketones (excluding diaryl/α,β-unsaturated/α-hetero) is 1. The van der Waals surface area contributed by atoms with E-state index in [1.54, 1.807) is 37.3 Å². The summed E-state index contributed by atoms with van der Waals surface area (Å²) in [6.45, 7) is 3.02. The highest BCUT2D eigenvalue weighted by Gasteiger charge is 2.45. The van der Waals surface area contributed by atoms with Gasteiger partial charge in [0.15, 0.2) is 11.7 Å². The number of aromatic hydroxyl groups is 1. The van der Waals surface area contributed by atoms with Crippen LogP contribution in [0.25, 0.3) is 0 Å². The molecule has 63 heavy (non-hydrogen) atoms. The van der Waals surface area contributed by atoms with Gasteiger partial charge in [0.1, 0.15) is 47.8 Å². The molecular weight excluding hydrogens is 818 g/mol. The van der Waals surface area contributed by atoms with Crippen molar-refractivity contribution in [3.63, 3.8) is 0 Å². The normalized spacial score (nSPS) is 25.4. The average Bonchev–Trinajstić information content (AvgIpc) is 3.77. The number of carbonyl (C=O) groups is 8. The van der Waals surface area contributed by atoms with Crippen molar-refractivity contribution in [3.05, 3.63) is 89.7 Å². The van der Waals surface area contributed by atoms with E-state index in [9.17, 15) is 43.5 Å². The summed E-state index contributed by atoms with van der Waals surface area (Å²) < 4.78 is 5.85. The quantitative estimate of drug-likeness (QED) is 0.246. The Bertz CT molecular complexity index is 2220. The van der Waals surface area contributed by atoms with Gasteiger partial charge in [-0.1, -0.05) is 49.4 Å². The van der Waals surface area contributed by atoms with Gasteiger partial charge in [-0.2, -0.15) is 0 Å². The van der Waals surface area contributed by atoms with Crippen LogP contribution >= 0.6 is 0 Å². The van der Waals surface area contributed by atoms with Gasteiger partial charge in [-0.25, -0.2) is 9.78 Å². The van der Waals surface area contributed by atoms with Crippen LogP contribution in [-0.2, 0) is 44.7 Å². The number of carbonyl (C=O) groups excluding carboxylic acids is 8. The number of aromatic nitrogens is 1. The van der Waals surface area contributed by atoms with Crippen molar-refractivity contribution in [1.82, 2.24) is 35.6 Å². The molecule has 3 fully saturated rings. The van der Waals surface area contributed by atoms with E-state index in [0.29, 0.717) is 12.0 Å². The molecule has 3 aliphatic heterocycles. The van der Waals surface area contributed by atoms with Crippen molar-refractivity contribution in [1.29, 1.82) is 0 Å². The molecule has 334 valence electrons. The van der Waals surface area contributed by atoms with Crippen LogP contribution in [-0.4, -0.2) is 143 Å². The minimum atomic E-state index is -1.68. The highest BCUT2D eigenvalue weighted by molar-refractivity contribution is 6.01. The lowest BCUT2D eigenvalue weighted by molar-refractivity contribution is -0.156. The maximum atomic E-state index is 15.0. The first-order valence-corrected chi connectivity index (χ1v) is 21.1. The molecule has 0 spiro atoms. The molecule has 6 rings (SSSR count). The van der Waals surface area contributed by atoms with E-state index in [2.05, 4.69) is 20.9 Å². The van der Waals surface area contributed by atoms with Crippen LogP contribution < -0.4 is 20.9 Å². The molecule has 0 bridgehead atoms. The smallest absolute Gasteiger partial charge is 0.333 e. The Labute approximate surface area is 365 Å². The molecule has 4 N–H and O–H groups in total. The van der Waals surface area contributed by atoms with Crippen LogP contribution in [0.4, 0.5) is 5.69 Å². The summed E-state index contributed by atoms with van der Waals surface area (Å²) in [6, 6.07) is 10.1. The molecule has 18 nitrogen and oxygen atoms in total. The van der Waals surface area contributed by atoms with Gasteiger partial charge in [0.05, 0.1) is 0 Å². The Kier molecular flexibility index (Phi) is 14.4. The number of fused-ring (bicyclic) bond motifs is 2. The second kappa shape index (κ2) is 19.9. The van der Waals surface area contributed by atoms with Gasteiger partial charge in [-0.05, 0) is 61.6 Å². The number of ether oxygens (including phenoxy) is 1. The minimum absolute atomic E-state index is 0.0299. The van der Waals surface area contributed by atoms with Crippen molar-refractivity contribution in [3.8, 4) is 5.75 Å². The highest BCUT2D eigenvalue weighted by Crippen LogP contribution is 2.27. The number of piperidine rings is 1. The first kappa shape index (κ1) is 45.7. The number of pyridine rings is 1. The molecule has 0 aliphatic carbocycles. The van der Waals surface area contributed by atoms with Gasteiger partial charge >= 0.3 is 5.97 Å². The number of anilines is 1. The topological polar surface area (TPSA) is 228 Å². The van der Waals surface area contributed by atoms with Gasteiger partial charge in [0, 0.05) is 65.4 Å². The summed E-state index contributed by atoms with van der Waals surface area (Å²) in [5.41, 5.74) is 1.45. The number of nitrogens with one attached hydrogen (secondary N) is 3. The zero-order chi connectivity index (χ0) is 45.5. The van der Waals surface area contributed by atoms with Crippen molar-refractivity contribution in [2.75, 3.05) is 39.1 Å². The van der Waals surface area contributed by atoms with E-state index in [1.165, 1.54) is 47.0 Å². The van der Waals surface area contributed by atoms with Crippen molar-refractivity contribution in [2.45, 2.75) is 94.7 Å². The molecule has 4 heterocycles. The van der Waals surface area contributed by atoms with E-state index >= 15 is 0 Å². The summed E-state index contributed by atoms with van der Waals surface area (Å²) in [4.78, 5) is 123. The number of hydrogen-bond donors (Lipinski definition) is 4. The number of esters is 1. The zero-order valence-electron chi connectivity index (χ0n) is 36.0. The van der Waals surface area contributed by atoms with Crippen LogP contribution in [0.5, 0.6) is 5.75 Å². The third kappa shape index (κ3) is 10.3. The van der Waals surface area contributed by atoms with Crippen molar-refractivity contribution >= 4 is 52.9 Å². The van der Waals surface area contributed by atoms with E-state index in [4.69, 9.17) is 4.74 Å². The maximum absolute atomic E-state index is 15.0. The lowest BCUT2D eigenvalue weighted by Crippen LogP contribution is -2.61. The van der Waals surface area contributed by atoms with Crippen LogP contribution in [0.15, 0.2) is 72.9 Å². The van der Waals surface area contributed by atoms with Gasteiger partial charge in [0.25, 0.3) is 5.91 Å². The number of cyclic esters (lactones) is 1. The van der Waals surface area contributed by atoms with Crippen LogP contribution in [0.2, 0.25) is 0 Å². The molecule has 18 heteroatoms. The predicted octanol–water partition coefficient (Wildman–Crippen LogP) is 1.27. The number of rotatable bonds is 7. The number of ketones is 1. The molecule has 0 saturated carbocycles. The fourth-order valence-electron chi connectivity index (χ4n) is 8.20. The van der Waals surface area contributed by atoms with Gasteiger partial charge in [-0.3, -0.25) is 33.6 Å². The standard InChI is InChI=1S/C45H54N8O10/c1-6-31-42(59)52-22-11-14-32(52)43(60)51(5)34(24-27-16-18-29(19-17-27)50(3)4)44(61)53-23-20-30(54)25-33(53)39(56)49-37(28-12-8-7-9-13-28)45(62)63-26(2)36(40(57)47-31)48-41(58)38-35(55)15-10-21-46-38/h7-10,12-13,15-19,21,26,31-34,36-37,55H,6,11,14,20,22-25H2,1-5H3,(H,47,57)(H,48,58)(H,49,56)/t26-,31-,32+,33+,34+,36+,37+/m1/s1/i10+1,15+1,21+1,35+1,38+1,46+1. The minimum Gasteiger partial charge on any atom is -0.505 e. The average molecular weight is 873 g/mol. The molecule has 7 atom stereocenters. The Morgan fingerprint density at radius 1 is 0.873 bits per heavy atom. The summed E-state index contributed by atoms with van der Waals surface area (Å²) >= 11 is 0. The summed E-state index contributed by atoms with van der Waals surface area (Å²) in [7, 11) is 5.25. The van der Waals surface area contributed by atoms with Gasteiger partial charge in [-0.15, -0.1) is 0 Å². The fraction of sp³-hybridized carbons (Fsp3) is 0.444. The molecule has 3 aromatic rings.